The van der Waals surface area contributed by atoms with Gasteiger partial charge >= 0.3 is 0 Å². The van der Waals surface area contributed by atoms with Crippen LogP contribution in [0.2, 0.25) is 0 Å². The Bertz CT molecular complexity index is 352. The molecule has 0 spiro atoms. The number of nitrogens with one attached hydrogen (secondary N) is 1. The van der Waals surface area contributed by atoms with Gasteiger partial charge in [0.05, 0.1) is 11.0 Å². The first-order valence-electron chi connectivity index (χ1n) is 5.34. The fourth-order valence-electron chi connectivity index (χ4n) is 2.08. The highest BCUT2D eigenvalue weighted by molar-refractivity contribution is 7.12. The van der Waals surface area contributed by atoms with Gasteiger partial charge in [0, 0.05) is 18.6 Å². The van der Waals surface area contributed by atoms with Gasteiger partial charge in [-0.3, -0.25) is 4.79 Å². The van der Waals surface area contributed by atoms with Crippen LogP contribution in [0.1, 0.15) is 22.5 Å². The Labute approximate surface area is 97.9 Å². The van der Waals surface area contributed by atoms with E-state index in [1.807, 2.05) is 11.4 Å². The van der Waals surface area contributed by atoms with Crippen molar-refractivity contribution in [2.24, 2.45) is 5.92 Å². The molecule has 1 amide bonds. The second kappa shape index (κ2) is 4.95. The topological polar surface area (TPSA) is 69.6 Å². The summed E-state index contributed by atoms with van der Waals surface area (Å²) in [6.07, 6.45) is 0.676. The summed E-state index contributed by atoms with van der Waals surface area (Å²) >= 11 is 1.40. The lowest BCUT2D eigenvalue weighted by Gasteiger charge is -2.11. The predicted octanol–water partition coefficient (Wildman–Crippen LogP) is 0.610. The van der Waals surface area contributed by atoms with E-state index in [1.54, 1.807) is 6.07 Å². The molecule has 1 aromatic heterocycles. The van der Waals surface area contributed by atoms with Crippen LogP contribution >= 0.6 is 11.3 Å². The summed E-state index contributed by atoms with van der Waals surface area (Å²) in [7, 11) is 0. The van der Waals surface area contributed by atoms with Crippen molar-refractivity contribution < 1.29 is 15.0 Å². The third-order valence-electron chi connectivity index (χ3n) is 2.97. The van der Waals surface area contributed by atoms with E-state index in [0.29, 0.717) is 17.7 Å². The summed E-state index contributed by atoms with van der Waals surface area (Å²) in [5.41, 5.74) is 0. The van der Waals surface area contributed by atoms with Crippen molar-refractivity contribution in [3.05, 3.63) is 22.4 Å². The number of aliphatic hydroxyl groups is 2. The molecule has 0 unspecified atom stereocenters. The maximum Gasteiger partial charge on any atom is 0.261 e. The molecule has 1 aromatic rings. The molecule has 0 aliphatic heterocycles. The highest BCUT2D eigenvalue weighted by atomic mass is 32.1. The smallest absolute Gasteiger partial charge is 0.261 e. The number of aliphatic hydroxyl groups excluding tert-OH is 2. The third kappa shape index (κ3) is 2.42. The summed E-state index contributed by atoms with van der Waals surface area (Å²) in [5.74, 6) is -0.195. The number of hydrogen-bond acceptors (Lipinski definition) is 4. The fraction of sp³-hybridized carbons (Fsp3) is 0.545. The normalized spacial score (nSPS) is 29.2. The van der Waals surface area contributed by atoms with Gasteiger partial charge in [0.2, 0.25) is 0 Å². The van der Waals surface area contributed by atoms with Crippen LogP contribution in [-0.2, 0) is 0 Å². The molecule has 3 atom stereocenters. The summed E-state index contributed by atoms with van der Waals surface area (Å²) < 4.78 is 0. The molecule has 1 fully saturated rings. The van der Waals surface area contributed by atoms with Gasteiger partial charge in [0.15, 0.2) is 0 Å². The highest BCUT2D eigenvalue weighted by Crippen LogP contribution is 2.26. The summed E-state index contributed by atoms with van der Waals surface area (Å²) in [6, 6.07) is 3.58. The van der Waals surface area contributed by atoms with Gasteiger partial charge < -0.3 is 15.5 Å². The lowest BCUT2D eigenvalue weighted by Crippen LogP contribution is -2.32. The van der Waals surface area contributed by atoms with Crippen molar-refractivity contribution in [2.75, 3.05) is 6.61 Å². The van der Waals surface area contributed by atoms with E-state index in [0.717, 1.165) is 0 Å². The minimum Gasteiger partial charge on any atom is -0.396 e. The standard InChI is InChI=1S/C11H15NO3S/c13-6-7-4-8(5-9(7)14)12-11(15)10-2-1-3-16-10/h1-3,7-9,13-14H,4-6H2,(H,12,15)/t7-,8+,9+/m1/s1. The van der Waals surface area contributed by atoms with Crippen molar-refractivity contribution in [3.8, 4) is 0 Å². The second-order valence-corrected chi connectivity index (χ2v) is 5.08. The van der Waals surface area contributed by atoms with Crippen LogP contribution in [0.15, 0.2) is 17.5 Å². The number of carbonyl (C=O) groups excluding carboxylic acids is 1. The molecule has 3 N–H and O–H groups in total. The average Bonchev–Trinajstić information content (AvgIpc) is 2.87. The van der Waals surface area contributed by atoms with Gasteiger partial charge in [-0.25, -0.2) is 0 Å². The molecule has 1 aliphatic carbocycles. The summed E-state index contributed by atoms with van der Waals surface area (Å²) in [5, 5.41) is 23.3. The molecule has 1 aliphatic rings. The molecule has 88 valence electrons. The van der Waals surface area contributed by atoms with Crippen molar-refractivity contribution in [1.29, 1.82) is 0 Å². The van der Waals surface area contributed by atoms with Gasteiger partial charge in [0.1, 0.15) is 0 Å². The van der Waals surface area contributed by atoms with Crippen LogP contribution in [0.5, 0.6) is 0 Å². The minimum atomic E-state index is -0.501. The monoisotopic (exact) mass is 241 g/mol. The molecule has 2 rings (SSSR count). The van der Waals surface area contributed by atoms with Gasteiger partial charge in [0.25, 0.3) is 5.91 Å². The first kappa shape index (κ1) is 11.6. The Kier molecular flexibility index (Phi) is 3.58. The van der Waals surface area contributed by atoms with E-state index in [2.05, 4.69) is 5.32 Å². The van der Waals surface area contributed by atoms with E-state index in [4.69, 9.17) is 5.11 Å². The molecular formula is C11H15NO3S. The van der Waals surface area contributed by atoms with Crippen molar-refractivity contribution in [3.63, 3.8) is 0 Å². The van der Waals surface area contributed by atoms with Crippen LogP contribution in [0, 0.1) is 5.92 Å². The Morgan fingerprint density at radius 2 is 2.38 bits per heavy atom. The first-order valence-corrected chi connectivity index (χ1v) is 6.22. The minimum absolute atomic E-state index is 0.0213. The van der Waals surface area contributed by atoms with Crippen LogP contribution in [0.4, 0.5) is 0 Å². The van der Waals surface area contributed by atoms with Crippen molar-refractivity contribution in [1.82, 2.24) is 5.32 Å². The molecule has 4 nitrogen and oxygen atoms in total. The first-order chi connectivity index (χ1) is 7.70. The Balaban J connectivity index is 1.90. The highest BCUT2D eigenvalue weighted by Gasteiger charge is 2.33. The Morgan fingerprint density at radius 3 is 2.94 bits per heavy atom. The molecule has 16 heavy (non-hydrogen) atoms. The molecule has 0 aromatic carbocycles. The maximum atomic E-state index is 11.7. The van der Waals surface area contributed by atoms with E-state index < -0.39 is 6.10 Å². The van der Waals surface area contributed by atoms with Gasteiger partial charge in [-0.15, -0.1) is 11.3 Å². The Hall–Kier alpha value is -0.910. The van der Waals surface area contributed by atoms with Crippen LogP contribution in [0.3, 0.4) is 0 Å². The second-order valence-electron chi connectivity index (χ2n) is 4.13. The molecular weight excluding hydrogens is 226 g/mol. The zero-order valence-corrected chi connectivity index (χ0v) is 9.61. The lowest BCUT2D eigenvalue weighted by atomic mass is 10.1. The third-order valence-corrected chi connectivity index (χ3v) is 3.84. The number of amides is 1. The molecule has 0 saturated heterocycles. The zero-order valence-electron chi connectivity index (χ0n) is 8.80. The number of thiophene rings is 1. The van der Waals surface area contributed by atoms with Gasteiger partial charge in [-0.1, -0.05) is 6.07 Å². The number of rotatable bonds is 3. The van der Waals surface area contributed by atoms with Crippen LogP contribution in [0.25, 0.3) is 0 Å². The van der Waals surface area contributed by atoms with Crippen molar-refractivity contribution >= 4 is 17.2 Å². The van der Waals surface area contributed by atoms with E-state index in [1.165, 1.54) is 11.3 Å². The van der Waals surface area contributed by atoms with E-state index >= 15 is 0 Å². The van der Waals surface area contributed by atoms with Gasteiger partial charge in [-0.05, 0) is 24.3 Å². The van der Waals surface area contributed by atoms with Crippen LogP contribution < -0.4 is 5.32 Å². The number of carbonyl (C=O) groups is 1. The molecule has 5 heteroatoms. The summed E-state index contributed by atoms with van der Waals surface area (Å²) in [4.78, 5) is 12.4. The van der Waals surface area contributed by atoms with Gasteiger partial charge in [-0.2, -0.15) is 0 Å². The van der Waals surface area contributed by atoms with Crippen molar-refractivity contribution in [2.45, 2.75) is 25.0 Å². The van der Waals surface area contributed by atoms with E-state index in [-0.39, 0.29) is 24.5 Å². The average molecular weight is 241 g/mol. The van der Waals surface area contributed by atoms with Crippen LogP contribution in [-0.4, -0.2) is 34.9 Å². The van der Waals surface area contributed by atoms with E-state index in [9.17, 15) is 9.90 Å². The summed E-state index contributed by atoms with van der Waals surface area (Å²) in [6.45, 7) is -0.0213. The molecule has 1 saturated carbocycles. The largest absolute Gasteiger partial charge is 0.396 e. The molecule has 1 heterocycles. The molecule has 0 radical (unpaired) electrons. The Morgan fingerprint density at radius 1 is 1.56 bits per heavy atom. The lowest BCUT2D eigenvalue weighted by molar-refractivity contribution is 0.0904. The maximum absolute atomic E-state index is 11.7. The zero-order chi connectivity index (χ0) is 11.5. The quantitative estimate of drug-likeness (QED) is 0.726. The predicted molar refractivity (Wildman–Crippen MR) is 61.4 cm³/mol. The SMILES string of the molecule is O=C(N[C@H]1C[C@H](CO)[C@@H](O)C1)c1cccs1. The number of hydrogen-bond donors (Lipinski definition) is 3. The molecule has 0 bridgehead atoms. The fourth-order valence-corrected chi connectivity index (χ4v) is 2.71.